The number of Topliss-reactive ketones (excluding diaryl/α,β-unsaturated/α-hetero) is 1. The SMILES string of the molecule is CC(C)C1=C2[C@H]3CC[C@@H]4[C@@]5(C)CC[C@H](OC(=O)[C@H]6C[C@@H](C(=O)O)C6(C)C)C(C)(C)[C@@H]5CC[C@@]4(C)[C@]3(C)CC[C@@]2([C@@H](O)CNCC2(NC(=O)c3ccc(Cl)cc3)CC2)CC1=O. The second kappa shape index (κ2) is 14.7. The quantitative estimate of drug-likeness (QED) is 0.162. The zero-order valence-corrected chi connectivity index (χ0v) is 38.4. The third kappa shape index (κ3) is 6.49. The van der Waals surface area contributed by atoms with Crippen LogP contribution in [0.3, 0.4) is 0 Å². The molecule has 11 atom stereocenters. The van der Waals surface area contributed by atoms with Gasteiger partial charge in [-0.15, -0.1) is 0 Å². The number of carboxylic acid groups (broad SMARTS) is 1. The maximum atomic E-state index is 14.2. The molecule has 0 aliphatic heterocycles. The molecule has 0 bridgehead atoms. The van der Waals surface area contributed by atoms with Crippen molar-refractivity contribution < 1.29 is 34.1 Å². The lowest BCUT2D eigenvalue weighted by Gasteiger charge is -2.72. The summed E-state index contributed by atoms with van der Waals surface area (Å²) in [6, 6.07) is 6.92. The third-order valence-electron chi connectivity index (χ3n) is 19.3. The van der Waals surface area contributed by atoms with Gasteiger partial charge in [0.25, 0.3) is 5.91 Å². The Morgan fingerprint density at radius 3 is 2.13 bits per heavy atom. The number of ether oxygens (including phenoxy) is 1. The fourth-order valence-corrected chi connectivity index (χ4v) is 15.4. The lowest BCUT2D eigenvalue weighted by atomic mass is 9.33. The van der Waals surface area contributed by atoms with Crippen LogP contribution in [0.15, 0.2) is 35.4 Å². The number of aliphatic carboxylic acids is 1. The molecule has 60 heavy (non-hydrogen) atoms. The van der Waals surface area contributed by atoms with Gasteiger partial charge in [0.15, 0.2) is 5.78 Å². The summed E-state index contributed by atoms with van der Waals surface area (Å²) in [7, 11) is 0. The number of aliphatic hydroxyl groups is 1. The van der Waals surface area contributed by atoms with E-state index in [1.54, 1.807) is 24.3 Å². The fourth-order valence-electron chi connectivity index (χ4n) is 15.3. The summed E-state index contributed by atoms with van der Waals surface area (Å²) >= 11 is 6.05. The van der Waals surface area contributed by atoms with Crippen LogP contribution in [0.25, 0.3) is 0 Å². The normalized spacial score (nSPS) is 40.0. The van der Waals surface area contributed by atoms with E-state index in [2.05, 4.69) is 59.1 Å². The van der Waals surface area contributed by atoms with Crippen LogP contribution >= 0.6 is 11.6 Å². The molecule has 0 spiro atoms. The number of rotatable bonds is 11. The molecule has 330 valence electrons. The molecule has 6 saturated carbocycles. The molecule has 9 nitrogen and oxygen atoms in total. The van der Waals surface area contributed by atoms with Crippen LogP contribution in [0.5, 0.6) is 0 Å². The van der Waals surface area contributed by atoms with Crippen LogP contribution in [-0.4, -0.2) is 64.7 Å². The Hall–Kier alpha value is -2.75. The number of aliphatic hydroxyl groups excluding tert-OH is 1. The lowest BCUT2D eigenvalue weighted by Crippen LogP contribution is -2.66. The summed E-state index contributed by atoms with van der Waals surface area (Å²) in [5.41, 5.74) is 1.05. The molecule has 6 fully saturated rings. The number of esters is 1. The monoisotopic (exact) mass is 846 g/mol. The predicted molar refractivity (Wildman–Crippen MR) is 232 cm³/mol. The van der Waals surface area contributed by atoms with Crippen molar-refractivity contribution >= 4 is 35.2 Å². The van der Waals surface area contributed by atoms with E-state index in [1.165, 1.54) is 5.57 Å². The number of nitrogens with one attached hydrogen (secondary N) is 2. The number of fused-ring (bicyclic) bond motifs is 7. The van der Waals surface area contributed by atoms with Crippen molar-refractivity contribution in [1.82, 2.24) is 10.6 Å². The van der Waals surface area contributed by atoms with E-state index in [9.17, 15) is 29.4 Å². The maximum Gasteiger partial charge on any atom is 0.309 e. The van der Waals surface area contributed by atoms with Crippen LogP contribution in [0, 0.1) is 68.0 Å². The zero-order valence-electron chi connectivity index (χ0n) is 37.6. The molecule has 1 aromatic rings. The average Bonchev–Trinajstić information content (AvgIpc) is 3.84. The van der Waals surface area contributed by atoms with Crippen molar-refractivity contribution in [2.45, 2.75) is 157 Å². The van der Waals surface area contributed by atoms with Gasteiger partial charge in [-0.2, -0.15) is 0 Å². The van der Waals surface area contributed by atoms with Crippen LogP contribution in [-0.2, 0) is 19.1 Å². The summed E-state index contributed by atoms with van der Waals surface area (Å²) in [6.45, 7) is 21.2. The number of carboxylic acids is 1. The van der Waals surface area contributed by atoms with Gasteiger partial charge < -0.3 is 25.6 Å². The highest BCUT2D eigenvalue weighted by molar-refractivity contribution is 6.30. The summed E-state index contributed by atoms with van der Waals surface area (Å²) < 4.78 is 6.43. The molecule has 1 aromatic carbocycles. The Bertz CT molecular complexity index is 1970. The highest BCUT2D eigenvalue weighted by Gasteiger charge is 2.71. The molecule has 10 heteroatoms. The van der Waals surface area contributed by atoms with Crippen molar-refractivity contribution in [2.75, 3.05) is 13.1 Å². The van der Waals surface area contributed by atoms with Gasteiger partial charge in [-0.1, -0.05) is 79.5 Å². The molecule has 0 radical (unpaired) electrons. The van der Waals surface area contributed by atoms with Crippen LogP contribution in [0.1, 0.15) is 150 Å². The van der Waals surface area contributed by atoms with E-state index in [1.807, 2.05) is 13.8 Å². The van der Waals surface area contributed by atoms with E-state index in [-0.39, 0.29) is 62.8 Å². The van der Waals surface area contributed by atoms with Crippen molar-refractivity contribution in [1.29, 1.82) is 0 Å². The average molecular weight is 848 g/mol. The van der Waals surface area contributed by atoms with Gasteiger partial charge >= 0.3 is 11.9 Å². The highest BCUT2D eigenvalue weighted by atomic mass is 35.5. The minimum Gasteiger partial charge on any atom is -0.481 e. The highest BCUT2D eigenvalue weighted by Crippen LogP contribution is 2.77. The summed E-state index contributed by atoms with van der Waals surface area (Å²) in [4.78, 5) is 52.8. The van der Waals surface area contributed by atoms with Crippen molar-refractivity contribution in [3.8, 4) is 0 Å². The third-order valence-corrected chi connectivity index (χ3v) is 19.6. The van der Waals surface area contributed by atoms with Gasteiger partial charge in [0.2, 0.25) is 0 Å². The molecule has 0 aromatic heterocycles. The lowest BCUT2D eigenvalue weighted by molar-refractivity contribution is -0.238. The Kier molecular flexibility index (Phi) is 10.7. The van der Waals surface area contributed by atoms with Gasteiger partial charge in [-0.25, -0.2) is 0 Å². The largest absolute Gasteiger partial charge is 0.481 e. The van der Waals surface area contributed by atoms with Crippen molar-refractivity contribution in [3.05, 3.63) is 46.0 Å². The van der Waals surface area contributed by atoms with Crippen LogP contribution < -0.4 is 10.6 Å². The Balaban J connectivity index is 0.990. The number of allylic oxidation sites excluding steroid dienone is 1. The zero-order chi connectivity index (χ0) is 43.6. The van der Waals surface area contributed by atoms with Gasteiger partial charge in [0.1, 0.15) is 6.10 Å². The van der Waals surface area contributed by atoms with E-state index in [4.69, 9.17) is 16.3 Å². The molecule has 8 rings (SSSR count). The van der Waals surface area contributed by atoms with Gasteiger partial charge in [0.05, 0.1) is 23.5 Å². The van der Waals surface area contributed by atoms with E-state index < -0.39 is 34.7 Å². The number of carbonyl (C=O) groups is 4. The molecule has 0 unspecified atom stereocenters. The second-order valence-electron chi connectivity index (χ2n) is 23.0. The minimum absolute atomic E-state index is 0.0271. The fraction of sp³-hybridized carbons (Fsp3) is 0.760. The van der Waals surface area contributed by atoms with Gasteiger partial charge in [0, 0.05) is 40.9 Å². The van der Waals surface area contributed by atoms with Crippen molar-refractivity contribution in [3.63, 3.8) is 0 Å². The number of benzene rings is 1. The van der Waals surface area contributed by atoms with Crippen LogP contribution in [0.2, 0.25) is 5.02 Å². The summed E-state index contributed by atoms with van der Waals surface area (Å²) in [6.07, 6.45) is 9.26. The number of ketones is 1. The smallest absolute Gasteiger partial charge is 0.309 e. The number of hydrogen-bond acceptors (Lipinski definition) is 7. The number of halogens is 1. The molecule has 7 aliphatic rings. The van der Waals surface area contributed by atoms with E-state index >= 15 is 0 Å². The Labute approximate surface area is 363 Å². The molecule has 1 amide bonds. The minimum atomic E-state index is -0.837. The molecular formula is C50H71ClN2O7. The second-order valence-corrected chi connectivity index (χ2v) is 23.5. The molecule has 4 N–H and O–H groups in total. The topological polar surface area (TPSA) is 142 Å². The van der Waals surface area contributed by atoms with Gasteiger partial charge in [-0.3, -0.25) is 19.2 Å². The first-order chi connectivity index (χ1) is 28.0. The van der Waals surface area contributed by atoms with Crippen molar-refractivity contribution in [2.24, 2.45) is 68.0 Å². The number of amides is 1. The standard InChI is InChI=1S/C50H71ClN2O7/c1-28(2)39-34(54)25-50(37(55)26-52-27-49(21-22-49)53-41(56)29-10-12-30(51)13-11-29)23-20-47(8)31(40(39)50)14-15-36-46(7)18-17-38(45(5,6)35(46)16-19-48(36,47)9)60-43(59)33-24-32(42(57)58)44(33,3)4/h10-13,28,31-33,35-38,52,55H,14-27H2,1-9H3,(H,53,56)(H,57,58)/t31-,32+,33-,35+,36-,37+,38+,46+,47-,48-,50+/m1/s1. The van der Waals surface area contributed by atoms with Gasteiger partial charge in [-0.05, 0) is 146 Å². The Morgan fingerprint density at radius 1 is 0.833 bits per heavy atom. The van der Waals surface area contributed by atoms with E-state index in [0.29, 0.717) is 48.4 Å². The molecule has 0 heterocycles. The summed E-state index contributed by atoms with van der Waals surface area (Å²) in [5, 5.41) is 29.4. The number of carbonyl (C=O) groups excluding carboxylic acids is 3. The van der Waals surface area contributed by atoms with Crippen LogP contribution in [0.4, 0.5) is 0 Å². The first-order valence-electron chi connectivity index (χ1n) is 23.2. The maximum absolute atomic E-state index is 14.2. The van der Waals surface area contributed by atoms with E-state index in [0.717, 1.165) is 69.8 Å². The molecule has 7 aliphatic carbocycles. The predicted octanol–water partition coefficient (Wildman–Crippen LogP) is 9.19. The number of hydrogen-bond donors (Lipinski definition) is 4. The first kappa shape index (κ1) is 43.9. The summed E-state index contributed by atoms with van der Waals surface area (Å²) in [5.74, 6) is -0.766. The first-order valence-corrected chi connectivity index (χ1v) is 23.5. The molecular weight excluding hydrogens is 776 g/mol. The molecule has 0 saturated heterocycles. The Morgan fingerprint density at radius 2 is 1.52 bits per heavy atom.